The summed E-state index contributed by atoms with van der Waals surface area (Å²) in [5.74, 6) is 1.51. The summed E-state index contributed by atoms with van der Waals surface area (Å²) >= 11 is 0. The van der Waals surface area contributed by atoms with Crippen LogP contribution in [0.1, 0.15) is 51.0 Å². The lowest BCUT2D eigenvalue weighted by Crippen LogP contribution is -2.28. The van der Waals surface area contributed by atoms with Crippen LogP contribution in [0.4, 0.5) is 0 Å². The van der Waals surface area contributed by atoms with E-state index in [-0.39, 0.29) is 0 Å². The molecule has 1 aliphatic carbocycles. The smallest absolute Gasteiger partial charge is 0.0126 e. The lowest BCUT2D eigenvalue weighted by molar-refractivity contribution is 0.163. The molecule has 0 amide bonds. The van der Waals surface area contributed by atoms with Crippen LogP contribution in [0, 0.1) is 11.3 Å². The second-order valence-electron chi connectivity index (χ2n) is 6.21. The largest absolute Gasteiger partial charge is 0.103 e. The van der Waals surface area contributed by atoms with Crippen LogP contribution in [0.15, 0.2) is 43.0 Å². The second kappa shape index (κ2) is 5.08. The number of hydrogen-bond donors (Lipinski definition) is 0. The average molecular weight is 228 g/mol. The Kier molecular flexibility index (Phi) is 3.71. The zero-order valence-corrected chi connectivity index (χ0v) is 11.2. The summed E-state index contributed by atoms with van der Waals surface area (Å²) < 4.78 is 0. The van der Waals surface area contributed by atoms with Crippen molar-refractivity contribution in [1.82, 2.24) is 0 Å². The van der Waals surface area contributed by atoms with Crippen LogP contribution < -0.4 is 0 Å². The summed E-state index contributed by atoms with van der Waals surface area (Å²) in [5, 5.41) is 0. The summed E-state index contributed by atoms with van der Waals surface area (Å²) in [7, 11) is 0. The lowest BCUT2D eigenvalue weighted by Gasteiger charge is -2.41. The second-order valence-corrected chi connectivity index (χ2v) is 6.21. The van der Waals surface area contributed by atoms with E-state index in [1.165, 1.54) is 24.8 Å². The molecule has 0 heterocycles. The van der Waals surface area contributed by atoms with E-state index < -0.39 is 0 Å². The number of hydrogen-bond acceptors (Lipinski definition) is 0. The Bertz CT molecular complexity index is 361. The maximum absolute atomic E-state index is 3.92. The molecular weight excluding hydrogens is 204 g/mol. The van der Waals surface area contributed by atoms with E-state index >= 15 is 0 Å². The van der Waals surface area contributed by atoms with Gasteiger partial charge in [0.2, 0.25) is 0 Å². The van der Waals surface area contributed by atoms with Crippen molar-refractivity contribution >= 4 is 0 Å². The first-order chi connectivity index (χ1) is 8.12. The molecule has 0 aliphatic heterocycles. The van der Waals surface area contributed by atoms with Crippen molar-refractivity contribution < 1.29 is 0 Å². The van der Waals surface area contributed by atoms with Gasteiger partial charge in [-0.2, -0.15) is 0 Å². The molecule has 0 unspecified atom stereocenters. The van der Waals surface area contributed by atoms with Gasteiger partial charge < -0.3 is 0 Å². The Morgan fingerprint density at radius 3 is 2.65 bits per heavy atom. The predicted molar refractivity (Wildman–Crippen MR) is 75.1 cm³/mol. The maximum Gasteiger partial charge on any atom is -0.0126 e. The van der Waals surface area contributed by atoms with Gasteiger partial charge in [-0.3, -0.25) is 0 Å². The molecule has 0 nitrogen and oxygen atoms in total. The Morgan fingerprint density at radius 2 is 2.00 bits per heavy atom. The highest BCUT2D eigenvalue weighted by molar-refractivity contribution is 5.21. The minimum absolute atomic E-state index is 0.498. The van der Waals surface area contributed by atoms with Gasteiger partial charge in [-0.05, 0) is 48.5 Å². The minimum Gasteiger partial charge on any atom is -0.103 e. The third-order valence-corrected chi connectivity index (χ3v) is 4.23. The molecular formula is C17H24. The van der Waals surface area contributed by atoms with Crippen LogP contribution in [0.25, 0.3) is 0 Å². The molecule has 0 spiro atoms. The highest BCUT2D eigenvalue weighted by Crippen LogP contribution is 2.47. The fourth-order valence-corrected chi connectivity index (χ4v) is 3.23. The van der Waals surface area contributed by atoms with Crippen LogP contribution in [0.3, 0.4) is 0 Å². The van der Waals surface area contributed by atoms with Gasteiger partial charge in [-0.15, -0.1) is 6.58 Å². The van der Waals surface area contributed by atoms with Gasteiger partial charge >= 0.3 is 0 Å². The van der Waals surface area contributed by atoms with Crippen molar-refractivity contribution in [3.63, 3.8) is 0 Å². The highest BCUT2D eigenvalue weighted by atomic mass is 14.4. The standard InChI is InChI=1S/C17H24/c1-4-8-14-11-12-17(2,3)13-16(14)15-9-6-5-7-10-15/h4-7,9-10,14,16H,1,8,11-13H2,2-3H3/t14-,16-/m1/s1. The zero-order valence-electron chi connectivity index (χ0n) is 11.2. The molecule has 1 aromatic rings. The van der Waals surface area contributed by atoms with Crippen LogP contribution in [-0.4, -0.2) is 0 Å². The number of rotatable bonds is 3. The Labute approximate surface area is 106 Å². The van der Waals surface area contributed by atoms with Gasteiger partial charge in [0.05, 0.1) is 0 Å². The molecule has 1 saturated carbocycles. The molecule has 0 saturated heterocycles. The summed E-state index contributed by atoms with van der Waals surface area (Å²) in [6.07, 6.45) is 7.28. The topological polar surface area (TPSA) is 0 Å². The molecule has 92 valence electrons. The first-order valence-corrected chi connectivity index (χ1v) is 6.78. The van der Waals surface area contributed by atoms with Gasteiger partial charge in [0, 0.05) is 0 Å². The van der Waals surface area contributed by atoms with Crippen LogP contribution in [0.2, 0.25) is 0 Å². The third kappa shape index (κ3) is 3.00. The minimum atomic E-state index is 0.498. The molecule has 1 aliphatic rings. The number of allylic oxidation sites excluding steroid dienone is 1. The van der Waals surface area contributed by atoms with E-state index in [9.17, 15) is 0 Å². The Morgan fingerprint density at radius 1 is 1.29 bits per heavy atom. The average Bonchev–Trinajstić information content (AvgIpc) is 2.32. The van der Waals surface area contributed by atoms with Gasteiger partial charge in [-0.1, -0.05) is 50.3 Å². The predicted octanol–water partition coefficient (Wildman–Crippen LogP) is 5.17. The van der Waals surface area contributed by atoms with Crippen LogP contribution in [0.5, 0.6) is 0 Å². The van der Waals surface area contributed by atoms with E-state index in [4.69, 9.17) is 0 Å². The SMILES string of the molecule is C=CC[C@@H]1CCC(C)(C)C[C@H]1c1ccccc1. The molecule has 0 N–H and O–H groups in total. The van der Waals surface area contributed by atoms with Crippen molar-refractivity contribution in [1.29, 1.82) is 0 Å². The molecule has 1 aromatic carbocycles. The first kappa shape index (κ1) is 12.4. The van der Waals surface area contributed by atoms with Gasteiger partial charge in [0.25, 0.3) is 0 Å². The van der Waals surface area contributed by atoms with E-state index in [0.717, 1.165) is 18.3 Å². The quantitative estimate of drug-likeness (QED) is 0.626. The fraction of sp³-hybridized carbons (Fsp3) is 0.529. The van der Waals surface area contributed by atoms with Crippen LogP contribution in [-0.2, 0) is 0 Å². The monoisotopic (exact) mass is 228 g/mol. The molecule has 17 heavy (non-hydrogen) atoms. The molecule has 0 aromatic heterocycles. The van der Waals surface area contributed by atoms with Crippen molar-refractivity contribution in [3.05, 3.63) is 48.6 Å². The number of benzene rings is 1. The summed E-state index contributed by atoms with van der Waals surface area (Å²) in [4.78, 5) is 0. The normalized spacial score (nSPS) is 27.6. The summed E-state index contributed by atoms with van der Waals surface area (Å²) in [6, 6.07) is 11.0. The summed E-state index contributed by atoms with van der Waals surface area (Å²) in [5.41, 5.74) is 2.02. The summed E-state index contributed by atoms with van der Waals surface area (Å²) in [6.45, 7) is 8.74. The molecule has 2 atom stereocenters. The highest BCUT2D eigenvalue weighted by Gasteiger charge is 2.34. The van der Waals surface area contributed by atoms with Crippen molar-refractivity contribution in [2.45, 2.75) is 45.4 Å². The van der Waals surface area contributed by atoms with E-state index in [2.05, 4.69) is 56.8 Å². The molecule has 2 rings (SSSR count). The Balaban J connectivity index is 2.22. The van der Waals surface area contributed by atoms with Crippen LogP contribution >= 0.6 is 0 Å². The van der Waals surface area contributed by atoms with Gasteiger partial charge in [0.15, 0.2) is 0 Å². The fourth-order valence-electron chi connectivity index (χ4n) is 3.23. The molecule has 0 radical (unpaired) electrons. The van der Waals surface area contributed by atoms with E-state index in [1.54, 1.807) is 0 Å². The van der Waals surface area contributed by atoms with Crippen molar-refractivity contribution in [3.8, 4) is 0 Å². The van der Waals surface area contributed by atoms with Gasteiger partial charge in [0.1, 0.15) is 0 Å². The van der Waals surface area contributed by atoms with Gasteiger partial charge in [-0.25, -0.2) is 0 Å². The molecule has 1 fully saturated rings. The van der Waals surface area contributed by atoms with E-state index in [0.29, 0.717) is 5.41 Å². The van der Waals surface area contributed by atoms with Crippen molar-refractivity contribution in [2.75, 3.05) is 0 Å². The lowest BCUT2D eigenvalue weighted by atomic mass is 9.64. The Hall–Kier alpha value is -1.04. The first-order valence-electron chi connectivity index (χ1n) is 6.78. The zero-order chi connectivity index (χ0) is 12.3. The van der Waals surface area contributed by atoms with Crippen molar-refractivity contribution in [2.24, 2.45) is 11.3 Å². The molecule has 0 bridgehead atoms. The van der Waals surface area contributed by atoms with E-state index in [1.807, 2.05) is 0 Å². The molecule has 0 heteroatoms. The third-order valence-electron chi connectivity index (χ3n) is 4.23. The maximum atomic E-state index is 3.92.